The molecule has 2 N–H and O–H groups in total. The van der Waals surface area contributed by atoms with Crippen LogP contribution in [0.2, 0.25) is 5.02 Å². The molecule has 0 bridgehead atoms. The molecule has 0 unspecified atom stereocenters. The second-order valence-electron chi connectivity index (χ2n) is 5.71. The van der Waals surface area contributed by atoms with Crippen LogP contribution in [-0.4, -0.2) is 23.2 Å². The van der Waals surface area contributed by atoms with Crippen LogP contribution in [-0.2, 0) is 0 Å². The van der Waals surface area contributed by atoms with Crippen LogP contribution in [0.3, 0.4) is 0 Å². The number of rotatable bonds is 5. The first-order chi connectivity index (χ1) is 13.5. The van der Waals surface area contributed by atoms with E-state index >= 15 is 0 Å². The van der Waals surface area contributed by atoms with Crippen molar-refractivity contribution in [1.82, 2.24) is 5.43 Å². The van der Waals surface area contributed by atoms with E-state index in [4.69, 9.17) is 16.3 Å². The van der Waals surface area contributed by atoms with E-state index in [1.54, 1.807) is 48.5 Å². The van der Waals surface area contributed by atoms with E-state index in [0.29, 0.717) is 27.5 Å². The summed E-state index contributed by atoms with van der Waals surface area (Å²) in [7, 11) is 0. The van der Waals surface area contributed by atoms with Gasteiger partial charge in [-0.1, -0.05) is 23.7 Å². The van der Waals surface area contributed by atoms with Crippen molar-refractivity contribution in [3.05, 3.63) is 94.5 Å². The van der Waals surface area contributed by atoms with Crippen LogP contribution in [0.25, 0.3) is 0 Å². The summed E-state index contributed by atoms with van der Waals surface area (Å²) in [6, 6.07) is 18.9. The number of nitrogens with zero attached hydrogens (tertiary/aromatic N) is 1. The van der Waals surface area contributed by atoms with Gasteiger partial charge in [-0.05, 0) is 66.2 Å². The van der Waals surface area contributed by atoms with Gasteiger partial charge >= 0.3 is 5.97 Å². The third kappa shape index (κ3) is 5.18. The number of carbonyl (C=O) groups is 2. The number of hydrazone groups is 1. The van der Waals surface area contributed by atoms with Crippen LogP contribution in [0.4, 0.5) is 0 Å². The maximum Gasteiger partial charge on any atom is 0.343 e. The number of hydrogen-bond acceptors (Lipinski definition) is 5. The van der Waals surface area contributed by atoms with Gasteiger partial charge in [0.25, 0.3) is 5.91 Å². The lowest BCUT2D eigenvalue weighted by Gasteiger charge is -2.05. The van der Waals surface area contributed by atoms with Crippen molar-refractivity contribution in [3.63, 3.8) is 0 Å². The summed E-state index contributed by atoms with van der Waals surface area (Å²) in [6.45, 7) is 0. The van der Waals surface area contributed by atoms with E-state index in [0.717, 1.165) is 0 Å². The highest BCUT2D eigenvalue weighted by Gasteiger charge is 2.08. The maximum atomic E-state index is 12.1. The fraction of sp³-hybridized carbons (Fsp3) is 0. The van der Waals surface area contributed by atoms with E-state index in [-0.39, 0.29) is 5.75 Å². The van der Waals surface area contributed by atoms with Crippen molar-refractivity contribution in [2.45, 2.75) is 0 Å². The van der Waals surface area contributed by atoms with Gasteiger partial charge in [-0.3, -0.25) is 4.79 Å². The molecule has 0 aliphatic rings. The molecule has 0 aromatic heterocycles. The molecule has 0 saturated carbocycles. The number of carbonyl (C=O) groups excluding carboxylic acids is 2. The van der Waals surface area contributed by atoms with E-state index in [2.05, 4.69) is 10.5 Å². The van der Waals surface area contributed by atoms with Crippen molar-refractivity contribution in [1.29, 1.82) is 0 Å². The summed E-state index contributed by atoms with van der Waals surface area (Å²) in [5.41, 5.74) is 3.76. The van der Waals surface area contributed by atoms with Crippen LogP contribution in [0.15, 0.2) is 77.9 Å². The molecule has 3 aromatic rings. The molecule has 0 atom stereocenters. The number of amides is 1. The van der Waals surface area contributed by atoms with E-state index in [9.17, 15) is 14.7 Å². The quantitative estimate of drug-likeness (QED) is 0.296. The van der Waals surface area contributed by atoms with Crippen molar-refractivity contribution in [3.8, 4) is 11.5 Å². The Bertz CT molecular complexity index is 1020. The Morgan fingerprint density at radius 2 is 1.64 bits per heavy atom. The summed E-state index contributed by atoms with van der Waals surface area (Å²) in [5, 5.41) is 13.7. The zero-order valence-electron chi connectivity index (χ0n) is 14.5. The Balaban J connectivity index is 1.61. The van der Waals surface area contributed by atoms with E-state index in [1.165, 1.54) is 30.5 Å². The molecule has 3 rings (SSSR count). The van der Waals surface area contributed by atoms with E-state index in [1.807, 2.05) is 0 Å². The van der Waals surface area contributed by atoms with Crippen LogP contribution >= 0.6 is 11.6 Å². The molecule has 140 valence electrons. The number of halogens is 1. The van der Waals surface area contributed by atoms with Gasteiger partial charge in [0.05, 0.1) is 11.8 Å². The van der Waals surface area contributed by atoms with Gasteiger partial charge in [0, 0.05) is 10.6 Å². The largest absolute Gasteiger partial charge is 0.508 e. The fourth-order valence-electron chi connectivity index (χ4n) is 2.25. The van der Waals surface area contributed by atoms with Gasteiger partial charge in [0.1, 0.15) is 11.5 Å². The molecule has 0 aliphatic heterocycles. The van der Waals surface area contributed by atoms with Crippen LogP contribution in [0.5, 0.6) is 11.5 Å². The van der Waals surface area contributed by atoms with Crippen LogP contribution in [0, 0.1) is 0 Å². The molecule has 0 fully saturated rings. The number of hydrogen-bond donors (Lipinski definition) is 2. The molecule has 0 aliphatic carbocycles. The lowest BCUT2D eigenvalue weighted by molar-refractivity contribution is 0.0734. The molecule has 0 heterocycles. The van der Waals surface area contributed by atoms with Gasteiger partial charge in [0.2, 0.25) is 0 Å². The zero-order valence-corrected chi connectivity index (χ0v) is 15.3. The average molecular weight is 395 g/mol. The SMILES string of the molecule is O=C(N/N=C/c1cccc(OC(=O)c2ccc(Cl)cc2)c1)c1ccc(O)cc1. The number of phenolic OH excluding ortho intramolecular Hbond substituents is 1. The number of esters is 1. The average Bonchev–Trinajstić information content (AvgIpc) is 2.69. The Hall–Kier alpha value is -3.64. The fourth-order valence-corrected chi connectivity index (χ4v) is 2.38. The summed E-state index contributed by atoms with van der Waals surface area (Å²) >= 11 is 5.81. The predicted octanol–water partition coefficient (Wildman–Crippen LogP) is 4.03. The summed E-state index contributed by atoms with van der Waals surface area (Å²) in [5.74, 6) is -0.508. The summed E-state index contributed by atoms with van der Waals surface area (Å²) in [6.07, 6.45) is 1.43. The molecule has 0 saturated heterocycles. The van der Waals surface area contributed by atoms with Gasteiger partial charge in [0.15, 0.2) is 0 Å². The van der Waals surface area contributed by atoms with Gasteiger partial charge in [-0.25, -0.2) is 10.2 Å². The molecule has 3 aromatic carbocycles. The second kappa shape index (κ2) is 8.83. The molecule has 6 nitrogen and oxygen atoms in total. The summed E-state index contributed by atoms with van der Waals surface area (Å²) < 4.78 is 5.33. The Kier molecular flexibility index (Phi) is 6.04. The molecule has 0 radical (unpaired) electrons. The third-order valence-corrected chi connectivity index (χ3v) is 3.91. The topological polar surface area (TPSA) is 88.0 Å². The number of ether oxygens (including phenoxy) is 1. The maximum absolute atomic E-state index is 12.1. The molecular weight excluding hydrogens is 380 g/mol. The molecule has 28 heavy (non-hydrogen) atoms. The monoisotopic (exact) mass is 394 g/mol. The standard InChI is InChI=1S/C21H15ClN2O4/c22-17-8-4-16(5-9-17)21(27)28-19-3-1-2-14(12-19)13-23-24-20(26)15-6-10-18(25)11-7-15/h1-13,25H,(H,24,26)/b23-13+. The van der Waals surface area contributed by atoms with Crippen molar-refractivity contribution in [2.24, 2.45) is 5.10 Å². The number of benzene rings is 3. The number of aromatic hydroxyl groups is 1. The van der Waals surface area contributed by atoms with Crippen molar-refractivity contribution >= 4 is 29.7 Å². The number of phenols is 1. The highest BCUT2D eigenvalue weighted by molar-refractivity contribution is 6.30. The lowest BCUT2D eigenvalue weighted by Crippen LogP contribution is -2.17. The normalized spacial score (nSPS) is 10.6. The van der Waals surface area contributed by atoms with Crippen LogP contribution in [0.1, 0.15) is 26.3 Å². The minimum atomic E-state index is -0.508. The van der Waals surface area contributed by atoms with Gasteiger partial charge in [-0.2, -0.15) is 5.10 Å². The molecule has 0 spiro atoms. The molecule has 7 heteroatoms. The smallest absolute Gasteiger partial charge is 0.343 e. The Morgan fingerprint density at radius 3 is 2.36 bits per heavy atom. The minimum Gasteiger partial charge on any atom is -0.508 e. The second-order valence-corrected chi connectivity index (χ2v) is 6.15. The predicted molar refractivity (Wildman–Crippen MR) is 106 cm³/mol. The highest BCUT2D eigenvalue weighted by atomic mass is 35.5. The first-order valence-corrected chi connectivity index (χ1v) is 8.59. The highest BCUT2D eigenvalue weighted by Crippen LogP contribution is 2.16. The first kappa shape index (κ1) is 19.1. The van der Waals surface area contributed by atoms with Crippen molar-refractivity contribution in [2.75, 3.05) is 0 Å². The molecule has 1 amide bonds. The lowest BCUT2D eigenvalue weighted by atomic mass is 10.2. The number of nitrogens with one attached hydrogen (secondary N) is 1. The van der Waals surface area contributed by atoms with E-state index < -0.39 is 11.9 Å². The Labute approximate surface area is 166 Å². The zero-order chi connectivity index (χ0) is 19.9. The van der Waals surface area contributed by atoms with Gasteiger partial charge < -0.3 is 9.84 Å². The van der Waals surface area contributed by atoms with Gasteiger partial charge in [-0.15, -0.1) is 0 Å². The van der Waals surface area contributed by atoms with Crippen molar-refractivity contribution < 1.29 is 19.4 Å². The minimum absolute atomic E-state index is 0.0741. The van der Waals surface area contributed by atoms with Crippen LogP contribution < -0.4 is 10.2 Å². The molecular formula is C21H15ClN2O4. The summed E-state index contributed by atoms with van der Waals surface area (Å²) in [4.78, 5) is 24.1. The third-order valence-electron chi connectivity index (χ3n) is 3.66. The Morgan fingerprint density at radius 1 is 0.964 bits per heavy atom. The first-order valence-electron chi connectivity index (χ1n) is 8.21.